The van der Waals surface area contributed by atoms with Crippen molar-refractivity contribution in [1.82, 2.24) is 10.2 Å². The van der Waals surface area contributed by atoms with Crippen LogP contribution in [0.25, 0.3) is 0 Å². The summed E-state index contributed by atoms with van der Waals surface area (Å²) in [4.78, 5) is 19.2. The molecule has 0 aromatic heterocycles. The molecule has 26 heavy (non-hydrogen) atoms. The van der Waals surface area contributed by atoms with Gasteiger partial charge in [0.25, 0.3) is 5.91 Å². The van der Waals surface area contributed by atoms with Crippen LogP contribution in [0.15, 0.2) is 53.5 Å². The molecule has 4 rings (SSSR count). The van der Waals surface area contributed by atoms with E-state index in [9.17, 15) is 13.6 Å². The lowest BCUT2D eigenvalue weighted by Crippen LogP contribution is -2.48. The molecule has 2 aromatic carbocycles. The first-order valence-corrected chi connectivity index (χ1v) is 8.69. The monoisotopic (exact) mass is 355 g/mol. The van der Waals surface area contributed by atoms with E-state index in [1.54, 1.807) is 0 Å². The van der Waals surface area contributed by atoms with E-state index >= 15 is 0 Å². The summed E-state index contributed by atoms with van der Waals surface area (Å²) < 4.78 is 27.7. The average Bonchev–Trinajstić information content (AvgIpc) is 2.97. The van der Waals surface area contributed by atoms with Crippen molar-refractivity contribution in [2.24, 2.45) is 4.99 Å². The van der Waals surface area contributed by atoms with Gasteiger partial charge in [0.15, 0.2) is 0 Å². The van der Waals surface area contributed by atoms with Gasteiger partial charge in [-0.3, -0.25) is 14.7 Å². The number of likely N-dealkylation sites (tertiary alicyclic amines) is 1. The van der Waals surface area contributed by atoms with Gasteiger partial charge in [0.2, 0.25) is 0 Å². The molecular weight excluding hydrogens is 336 g/mol. The van der Waals surface area contributed by atoms with Gasteiger partial charge in [-0.2, -0.15) is 0 Å². The van der Waals surface area contributed by atoms with Gasteiger partial charge in [0.1, 0.15) is 23.0 Å². The minimum atomic E-state index is -0.768. The van der Waals surface area contributed by atoms with Gasteiger partial charge in [-0.1, -0.05) is 36.4 Å². The minimum Gasteiger partial charge on any atom is -0.308 e. The van der Waals surface area contributed by atoms with E-state index in [1.165, 1.54) is 18.2 Å². The van der Waals surface area contributed by atoms with Gasteiger partial charge in [-0.25, -0.2) is 8.78 Å². The van der Waals surface area contributed by atoms with Crippen LogP contribution in [-0.2, 0) is 11.3 Å². The van der Waals surface area contributed by atoms with Crippen LogP contribution in [0.1, 0.15) is 24.0 Å². The average molecular weight is 355 g/mol. The van der Waals surface area contributed by atoms with Crippen molar-refractivity contribution in [1.29, 1.82) is 0 Å². The van der Waals surface area contributed by atoms with Gasteiger partial charge in [0.05, 0.1) is 0 Å². The highest BCUT2D eigenvalue weighted by atomic mass is 19.1. The Labute approximate surface area is 150 Å². The fourth-order valence-corrected chi connectivity index (χ4v) is 3.58. The van der Waals surface area contributed by atoms with E-state index in [0.717, 1.165) is 5.56 Å². The van der Waals surface area contributed by atoms with Crippen molar-refractivity contribution in [3.63, 3.8) is 0 Å². The van der Waals surface area contributed by atoms with E-state index in [0.29, 0.717) is 31.8 Å². The van der Waals surface area contributed by atoms with Gasteiger partial charge < -0.3 is 5.32 Å². The zero-order chi connectivity index (χ0) is 18.1. The molecule has 1 amide bonds. The van der Waals surface area contributed by atoms with Gasteiger partial charge in [-0.05, 0) is 25.0 Å². The highest BCUT2D eigenvalue weighted by Crippen LogP contribution is 2.32. The van der Waals surface area contributed by atoms with E-state index in [2.05, 4.69) is 10.3 Å². The molecule has 1 spiro atoms. The Morgan fingerprint density at radius 1 is 1.00 bits per heavy atom. The van der Waals surface area contributed by atoms with Crippen LogP contribution in [0.5, 0.6) is 0 Å². The van der Waals surface area contributed by atoms with E-state index in [4.69, 9.17) is 0 Å². The van der Waals surface area contributed by atoms with Crippen LogP contribution in [0, 0.1) is 11.6 Å². The SMILES string of the molecule is O=C1NC(c2ccccc2)=NC12CCN(Cc1c(F)cccc1F)CC2. The summed E-state index contributed by atoms with van der Waals surface area (Å²) in [6, 6.07) is 13.4. The van der Waals surface area contributed by atoms with Crippen LogP contribution in [0.2, 0.25) is 0 Å². The molecule has 2 heterocycles. The molecule has 2 aliphatic rings. The number of carbonyl (C=O) groups is 1. The number of aliphatic imine (C=N–C) groups is 1. The van der Waals surface area contributed by atoms with Crippen molar-refractivity contribution >= 4 is 11.7 Å². The fraction of sp³-hybridized carbons (Fsp3) is 0.300. The molecule has 1 fully saturated rings. The molecule has 0 saturated carbocycles. The summed E-state index contributed by atoms with van der Waals surface area (Å²) in [6.07, 6.45) is 1.07. The third-order valence-electron chi connectivity index (χ3n) is 5.15. The smallest absolute Gasteiger partial charge is 0.253 e. The zero-order valence-corrected chi connectivity index (χ0v) is 14.2. The Balaban J connectivity index is 1.48. The molecule has 4 nitrogen and oxygen atoms in total. The molecular formula is C20H19F2N3O. The van der Waals surface area contributed by atoms with Crippen LogP contribution >= 0.6 is 0 Å². The first-order chi connectivity index (χ1) is 12.6. The predicted molar refractivity (Wildman–Crippen MR) is 94.7 cm³/mol. The predicted octanol–water partition coefficient (Wildman–Crippen LogP) is 2.88. The number of nitrogens with zero attached hydrogens (tertiary/aromatic N) is 2. The largest absolute Gasteiger partial charge is 0.308 e. The Kier molecular flexibility index (Phi) is 4.28. The molecule has 1 saturated heterocycles. The molecule has 0 atom stereocenters. The maximum atomic E-state index is 13.8. The first-order valence-electron chi connectivity index (χ1n) is 8.69. The van der Waals surface area contributed by atoms with E-state index < -0.39 is 17.2 Å². The van der Waals surface area contributed by atoms with Crippen LogP contribution in [-0.4, -0.2) is 35.3 Å². The van der Waals surface area contributed by atoms with Crippen molar-refractivity contribution < 1.29 is 13.6 Å². The third kappa shape index (κ3) is 3.01. The quantitative estimate of drug-likeness (QED) is 0.920. The lowest BCUT2D eigenvalue weighted by molar-refractivity contribution is -0.125. The van der Waals surface area contributed by atoms with Crippen LogP contribution < -0.4 is 5.32 Å². The number of hydrogen-bond acceptors (Lipinski definition) is 3. The molecule has 2 aromatic rings. The molecule has 0 radical (unpaired) electrons. The highest BCUT2D eigenvalue weighted by molar-refractivity contribution is 6.15. The molecule has 0 unspecified atom stereocenters. The lowest BCUT2D eigenvalue weighted by atomic mass is 9.88. The number of amides is 1. The molecule has 0 aliphatic carbocycles. The lowest BCUT2D eigenvalue weighted by Gasteiger charge is -2.35. The van der Waals surface area contributed by atoms with E-state index in [-0.39, 0.29) is 18.0 Å². The first kappa shape index (κ1) is 16.8. The second kappa shape index (κ2) is 6.61. The Morgan fingerprint density at radius 2 is 1.65 bits per heavy atom. The van der Waals surface area contributed by atoms with Gasteiger partial charge >= 0.3 is 0 Å². The number of piperidine rings is 1. The second-order valence-electron chi connectivity index (χ2n) is 6.79. The van der Waals surface area contributed by atoms with Gasteiger partial charge in [-0.15, -0.1) is 0 Å². The summed E-state index contributed by atoms with van der Waals surface area (Å²) in [7, 11) is 0. The van der Waals surface area contributed by atoms with Gasteiger partial charge in [0, 0.05) is 30.8 Å². The summed E-state index contributed by atoms with van der Waals surface area (Å²) in [5.41, 5.74) is 0.191. The van der Waals surface area contributed by atoms with Crippen molar-refractivity contribution in [3.8, 4) is 0 Å². The Hall–Kier alpha value is -2.60. The standard InChI is InChI=1S/C20H19F2N3O/c21-16-7-4-8-17(22)15(16)13-25-11-9-20(10-12-25)19(26)23-18(24-20)14-5-2-1-3-6-14/h1-8H,9-13H2,(H,23,24,26). The molecule has 0 bridgehead atoms. The molecule has 2 aliphatic heterocycles. The van der Waals surface area contributed by atoms with Crippen molar-refractivity contribution in [2.45, 2.75) is 24.9 Å². The summed E-state index contributed by atoms with van der Waals surface area (Å²) in [5.74, 6) is -0.557. The number of carbonyl (C=O) groups excluding carboxylic acids is 1. The summed E-state index contributed by atoms with van der Waals surface area (Å²) in [5, 5.41) is 2.89. The summed E-state index contributed by atoms with van der Waals surface area (Å²) >= 11 is 0. The topological polar surface area (TPSA) is 44.7 Å². The number of rotatable bonds is 3. The molecule has 1 N–H and O–H groups in total. The number of amidine groups is 1. The number of hydrogen-bond donors (Lipinski definition) is 1. The fourth-order valence-electron chi connectivity index (χ4n) is 3.58. The zero-order valence-electron chi connectivity index (χ0n) is 14.2. The number of nitrogens with one attached hydrogen (secondary N) is 1. The maximum Gasteiger partial charge on any atom is 0.253 e. The maximum absolute atomic E-state index is 13.8. The highest BCUT2D eigenvalue weighted by Gasteiger charge is 2.45. The third-order valence-corrected chi connectivity index (χ3v) is 5.15. The normalized spacial score (nSPS) is 19.5. The second-order valence-corrected chi connectivity index (χ2v) is 6.79. The Morgan fingerprint density at radius 3 is 2.31 bits per heavy atom. The van der Waals surface area contributed by atoms with Crippen LogP contribution in [0.3, 0.4) is 0 Å². The summed E-state index contributed by atoms with van der Waals surface area (Å²) in [6.45, 7) is 1.32. The Bertz CT molecular complexity index is 838. The minimum absolute atomic E-state index is 0.0767. The van der Waals surface area contributed by atoms with E-state index in [1.807, 2.05) is 35.2 Å². The molecule has 134 valence electrons. The van der Waals surface area contributed by atoms with Crippen molar-refractivity contribution in [2.75, 3.05) is 13.1 Å². The van der Waals surface area contributed by atoms with Crippen LogP contribution in [0.4, 0.5) is 8.78 Å². The number of benzene rings is 2. The van der Waals surface area contributed by atoms with Crippen molar-refractivity contribution in [3.05, 3.63) is 71.3 Å². The molecule has 6 heteroatoms. The number of halogens is 2.